The summed E-state index contributed by atoms with van der Waals surface area (Å²) >= 11 is 0. The van der Waals surface area contributed by atoms with Crippen molar-refractivity contribution in [1.29, 1.82) is 0 Å². The molecule has 232 valence electrons. The van der Waals surface area contributed by atoms with Crippen LogP contribution in [0.5, 0.6) is 5.88 Å². The number of hydrogen-bond acceptors (Lipinski definition) is 6. The maximum Gasteiger partial charge on any atom is 0.256 e. The van der Waals surface area contributed by atoms with Crippen LogP contribution < -0.4 is 10.1 Å². The minimum absolute atomic E-state index is 0.0355. The largest absolute Gasteiger partial charge is 0.445 e. The van der Waals surface area contributed by atoms with Gasteiger partial charge < -0.3 is 19.7 Å². The van der Waals surface area contributed by atoms with Crippen molar-refractivity contribution in [2.24, 2.45) is 5.92 Å². The van der Waals surface area contributed by atoms with E-state index in [1.54, 1.807) is 19.4 Å². The van der Waals surface area contributed by atoms with Gasteiger partial charge in [0.05, 0.1) is 18.0 Å². The quantitative estimate of drug-likeness (QED) is 0.192. The standard InChI is InChI=1S/C35H42FN5O3/c1-4-37-34(42)30-20-28(21-38-35(30)44-24-36)33-25(2)32(41(39-33)29-15-9-6-10-16-29)17-11-14-27-22-40(18-19-43-3)23-31(27)26-12-7-5-8-13-26/h5-10,12-13,15-16,20-21,27,31H,4,11,14,17-19,22-24H2,1-3H3,(H,37,42)/t27-,31+/m1/s1. The first kappa shape index (κ1) is 31.3. The van der Waals surface area contributed by atoms with Crippen LogP contribution in [0.15, 0.2) is 72.9 Å². The molecular formula is C35H42FN5O3. The van der Waals surface area contributed by atoms with Gasteiger partial charge in [0, 0.05) is 56.7 Å². The second-order valence-electron chi connectivity index (χ2n) is 11.3. The molecule has 1 saturated heterocycles. The van der Waals surface area contributed by atoms with Crippen LogP contribution in [0.2, 0.25) is 0 Å². The molecule has 0 saturated carbocycles. The van der Waals surface area contributed by atoms with Gasteiger partial charge in [-0.25, -0.2) is 14.1 Å². The number of alkyl halides is 1. The molecular weight excluding hydrogens is 557 g/mol. The second-order valence-corrected chi connectivity index (χ2v) is 11.3. The lowest BCUT2D eigenvalue weighted by molar-refractivity contribution is 0.0947. The number of nitrogens with zero attached hydrogens (tertiary/aromatic N) is 4. The molecule has 3 heterocycles. The molecule has 1 aliphatic heterocycles. The number of rotatable bonds is 14. The highest BCUT2D eigenvalue weighted by atomic mass is 19.1. The van der Waals surface area contributed by atoms with Gasteiger partial charge in [-0.2, -0.15) is 5.10 Å². The molecule has 2 aromatic carbocycles. The van der Waals surface area contributed by atoms with E-state index in [0.717, 1.165) is 68.1 Å². The molecule has 0 spiro atoms. The van der Waals surface area contributed by atoms with Crippen molar-refractivity contribution in [2.75, 3.05) is 46.8 Å². The van der Waals surface area contributed by atoms with E-state index in [0.29, 0.717) is 23.9 Å². The number of hydrogen-bond donors (Lipinski definition) is 1. The van der Waals surface area contributed by atoms with Gasteiger partial charge in [-0.3, -0.25) is 4.79 Å². The Morgan fingerprint density at radius 2 is 1.84 bits per heavy atom. The number of pyridine rings is 1. The fraction of sp³-hybridized carbons (Fsp3) is 0.400. The summed E-state index contributed by atoms with van der Waals surface area (Å²) in [5.41, 5.74) is 6.14. The Labute approximate surface area is 259 Å². The van der Waals surface area contributed by atoms with E-state index in [1.807, 2.05) is 41.9 Å². The van der Waals surface area contributed by atoms with Crippen molar-refractivity contribution in [3.8, 4) is 22.8 Å². The summed E-state index contributed by atoms with van der Waals surface area (Å²) in [6.45, 7) is 7.06. The van der Waals surface area contributed by atoms with Gasteiger partial charge in [0.1, 0.15) is 5.56 Å². The third kappa shape index (κ3) is 7.17. The zero-order valence-corrected chi connectivity index (χ0v) is 25.8. The Kier molecular flexibility index (Phi) is 10.7. The molecule has 0 aliphatic carbocycles. The lowest BCUT2D eigenvalue weighted by Gasteiger charge is -2.19. The average Bonchev–Trinajstić information content (AvgIpc) is 3.62. The Morgan fingerprint density at radius 3 is 2.55 bits per heavy atom. The topological polar surface area (TPSA) is 81.5 Å². The molecule has 8 nitrogen and oxygen atoms in total. The van der Waals surface area contributed by atoms with Gasteiger partial charge >= 0.3 is 0 Å². The Bertz CT molecular complexity index is 1510. The number of amides is 1. The molecule has 44 heavy (non-hydrogen) atoms. The predicted molar refractivity (Wildman–Crippen MR) is 170 cm³/mol. The summed E-state index contributed by atoms with van der Waals surface area (Å²) in [6, 6.07) is 22.6. The van der Waals surface area contributed by atoms with E-state index < -0.39 is 6.86 Å². The lowest BCUT2D eigenvalue weighted by atomic mass is 9.85. The van der Waals surface area contributed by atoms with Crippen molar-refractivity contribution < 1.29 is 18.7 Å². The number of benzene rings is 2. The number of carbonyl (C=O) groups is 1. The highest BCUT2D eigenvalue weighted by Crippen LogP contribution is 2.36. The van der Waals surface area contributed by atoms with E-state index in [1.165, 1.54) is 5.56 Å². The number of methoxy groups -OCH3 is 1. The summed E-state index contributed by atoms with van der Waals surface area (Å²) in [5, 5.41) is 7.80. The van der Waals surface area contributed by atoms with Crippen LogP contribution in [-0.2, 0) is 11.2 Å². The molecule has 1 fully saturated rings. The molecule has 0 unspecified atom stereocenters. The van der Waals surface area contributed by atoms with E-state index in [-0.39, 0.29) is 17.4 Å². The molecule has 4 aromatic rings. The average molecular weight is 600 g/mol. The normalized spacial score (nSPS) is 16.7. The van der Waals surface area contributed by atoms with Gasteiger partial charge in [-0.15, -0.1) is 0 Å². The van der Waals surface area contributed by atoms with Gasteiger partial charge in [-0.05, 0) is 68.4 Å². The zero-order valence-electron chi connectivity index (χ0n) is 25.8. The number of nitrogens with one attached hydrogen (secondary N) is 1. The number of para-hydroxylation sites is 1. The van der Waals surface area contributed by atoms with Crippen LogP contribution >= 0.6 is 0 Å². The minimum atomic E-state index is -1.07. The fourth-order valence-electron chi connectivity index (χ4n) is 6.31. The number of likely N-dealkylation sites (tertiary alicyclic amines) is 1. The fourth-order valence-corrected chi connectivity index (χ4v) is 6.31. The van der Waals surface area contributed by atoms with E-state index in [2.05, 4.69) is 52.5 Å². The lowest BCUT2D eigenvalue weighted by Crippen LogP contribution is -2.25. The number of carbonyl (C=O) groups excluding carboxylic acids is 1. The summed E-state index contributed by atoms with van der Waals surface area (Å²) in [7, 11) is 1.76. The van der Waals surface area contributed by atoms with Gasteiger partial charge in [-0.1, -0.05) is 48.5 Å². The van der Waals surface area contributed by atoms with Crippen LogP contribution in [0.4, 0.5) is 4.39 Å². The van der Waals surface area contributed by atoms with Crippen LogP contribution in [0.1, 0.15) is 52.9 Å². The molecule has 1 N–H and O–H groups in total. The Hall–Kier alpha value is -4.08. The summed E-state index contributed by atoms with van der Waals surface area (Å²) in [6.07, 6.45) is 4.55. The number of aromatic nitrogens is 3. The van der Waals surface area contributed by atoms with Gasteiger partial charge in [0.2, 0.25) is 12.7 Å². The number of ether oxygens (including phenoxy) is 2. The molecule has 1 amide bonds. The highest BCUT2D eigenvalue weighted by molar-refractivity contribution is 5.97. The van der Waals surface area contributed by atoms with Crippen molar-refractivity contribution in [2.45, 2.75) is 39.0 Å². The highest BCUT2D eigenvalue weighted by Gasteiger charge is 2.33. The van der Waals surface area contributed by atoms with Crippen molar-refractivity contribution in [3.05, 3.63) is 95.3 Å². The third-order valence-corrected chi connectivity index (χ3v) is 8.49. The van der Waals surface area contributed by atoms with Crippen LogP contribution in [0.3, 0.4) is 0 Å². The Morgan fingerprint density at radius 1 is 1.09 bits per heavy atom. The molecule has 5 rings (SSSR count). The molecule has 0 bridgehead atoms. The minimum Gasteiger partial charge on any atom is -0.445 e. The molecule has 2 aromatic heterocycles. The first-order valence-electron chi connectivity index (χ1n) is 15.4. The predicted octanol–water partition coefficient (Wildman–Crippen LogP) is 5.98. The molecule has 2 atom stereocenters. The monoisotopic (exact) mass is 599 g/mol. The van der Waals surface area contributed by atoms with Crippen LogP contribution in [-0.4, -0.2) is 72.3 Å². The van der Waals surface area contributed by atoms with Crippen LogP contribution in [0, 0.1) is 12.8 Å². The van der Waals surface area contributed by atoms with E-state index >= 15 is 0 Å². The molecule has 9 heteroatoms. The van der Waals surface area contributed by atoms with E-state index in [9.17, 15) is 9.18 Å². The van der Waals surface area contributed by atoms with Crippen molar-refractivity contribution >= 4 is 5.91 Å². The third-order valence-electron chi connectivity index (χ3n) is 8.49. The maximum atomic E-state index is 13.0. The summed E-state index contributed by atoms with van der Waals surface area (Å²) < 4.78 is 25.5. The zero-order chi connectivity index (χ0) is 30.9. The SMILES string of the molecule is CCNC(=O)c1cc(-c2nn(-c3ccccc3)c(CCC[C@@H]3CN(CCOC)C[C@H]3c3ccccc3)c2C)cnc1OCF. The van der Waals surface area contributed by atoms with E-state index in [4.69, 9.17) is 14.6 Å². The summed E-state index contributed by atoms with van der Waals surface area (Å²) in [5.74, 6) is 0.642. The first-order chi connectivity index (χ1) is 21.5. The van der Waals surface area contributed by atoms with Gasteiger partial charge in [0.25, 0.3) is 5.91 Å². The van der Waals surface area contributed by atoms with Crippen LogP contribution in [0.25, 0.3) is 16.9 Å². The van der Waals surface area contributed by atoms with Gasteiger partial charge in [0.15, 0.2) is 0 Å². The summed E-state index contributed by atoms with van der Waals surface area (Å²) in [4.78, 5) is 19.6. The first-order valence-corrected chi connectivity index (χ1v) is 15.4. The van der Waals surface area contributed by atoms with Crippen molar-refractivity contribution in [1.82, 2.24) is 25.0 Å². The number of halogens is 1. The maximum absolute atomic E-state index is 13.0. The molecule has 0 radical (unpaired) electrons. The van der Waals surface area contributed by atoms with Crippen molar-refractivity contribution in [3.63, 3.8) is 0 Å². The smallest absolute Gasteiger partial charge is 0.256 e. The Balaban J connectivity index is 1.42. The second kappa shape index (κ2) is 15.1. The molecule has 1 aliphatic rings.